The first-order chi connectivity index (χ1) is 8.23. The van der Waals surface area contributed by atoms with Crippen molar-refractivity contribution in [1.82, 2.24) is 0 Å². The van der Waals surface area contributed by atoms with Crippen molar-refractivity contribution in [3.05, 3.63) is 23.8 Å². The zero-order valence-corrected chi connectivity index (χ0v) is 8.73. The van der Waals surface area contributed by atoms with Crippen molar-refractivity contribution < 1.29 is 39.6 Å². The van der Waals surface area contributed by atoms with Gasteiger partial charge in [-0.25, -0.2) is 4.79 Å². The van der Waals surface area contributed by atoms with Gasteiger partial charge >= 0.3 is 23.9 Å². The van der Waals surface area contributed by atoms with Gasteiger partial charge < -0.3 is 20.4 Å². The second-order valence-electron chi connectivity index (χ2n) is 3.56. The molecule has 0 aliphatic heterocycles. The summed E-state index contributed by atoms with van der Waals surface area (Å²) in [4.78, 5) is 43.8. The summed E-state index contributed by atoms with van der Waals surface area (Å²) < 4.78 is 0. The Morgan fingerprint density at radius 2 is 1.50 bits per heavy atom. The quantitative estimate of drug-likeness (QED) is 0.488. The van der Waals surface area contributed by atoms with Crippen LogP contribution in [-0.4, -0.2) is 44.3 Å². The Kier molecular flexibility index (Phi) is 3.22. The highest BCUT2D eigenvalue weighted by Crippen LogP contribution is 2.37. The maximum atomic E-state index is 11.1. The summed E-state index contributed by atoms with van der Waals surface area (Å²) in [6.07, 6.45) is 2.04. The van der Waals surface area contributed by atoms with Gasteiger partial charge in [0.1, 0.15) is 5.92 Å². The minimum absolute atomic E-state index is 0.429. The van der Waals surface area contributed by atoms with E-state index in [1.54, 1.807) is 0 Å². The van der Waals surface area contributed by atoms with E-state index < -0.39 is 40.8 Å². The molecule has 4 N–H and O–H groups in total. The lowest BCUT2D eigenvalue weighted by molar-refractivity contribution is -0.169. The van der Waals surface area contributed by atoms with Crippen LogP contribution in [0.4, 0.5) is 0 Å². The first kappa shape index (κ1) is 13.4. The number of aliphatic carboxylic acids is 4. The molecule has 1 aliphatic rings. The number of carboxylic acid groups (broad SMARTS) is 4. The van der Waals surface area contributed by atoms with Crippen molar-refractivity contribution in [1.29, 1.82) is 0 Å². The third-order valence-corrected chi connectivity index (χ3v) is 2.56. The van der Waals surface area contributed by atoms with E-state index in [0.717, 1.165) is 12.2 Å². The van der Waals surface area contributed by atoms with E-state index in [4.69, 9.17) is 20.4 Å². The molecule has 18 heavy (non-hydrogen) atoms. The van der Waals surface area contributed by atoms with Crippen LogP contribution in [0.25, 0.3) is 0 Å². The van der Waals surface area contributed by atoms with Gasteiger partial charge in [0.25, 0.3) is 0 Å². The highest BCUT2D eigenvalue weighted by atomic mass is 16.4. The molecule has 1 aliphatic carbocycles. The van der Waals surface area contributed by atoms with Crippen LogP contribution in [0.3, 0.4) is 0 Å². The van der Waals surface area contributed by atoms with Gasteiger partial charge in [-0.2, -0.15) is 0 Å². The average molecular weight is 256 g/mol. The summed E-state index contributed by atoms with van der Waals surface area (Å²) in [5.74, 6) is -8.97. The van der Waals surface area contributed by atoms with Gasteiger partial charge in [-0.1, -0.05) is 12.2 Å². The van der Waals surface area contributed by atoms with Gasteiger partial charge in [0.05, 0.1) is 5.57 Å². The zero-order valence-electron chi connectivity index (χ0n) is 8.73. The third-order valence-electron chi connectivity index (χ3n) is 2.56. The fraction of sp³-hybridized carbons (Fsp3) is 0.200. The second kappa shape index (κ2) is 4.32. The first-order valence-electron chi connectivity index (χ1n) is 4.57. The number of carboxylic acids is 4. The fourth-order valence-electron chi connectivity index (χ4n) is 1.63. The van der Waals surface area contributed by atoms with Crippen LogP contribution in [0.5, 0.6) is 0 Å². The summed E-state index contributed by atoms with van der Waals surface area (Å²) in [5.41, 5.74) is -3.41. The summed E-state index contributed by atoms with van der Waals surface area (Å²) in [6, 6.07) is 0. The molecule has 0 amide bonds. The molecule has 0 radical (unpaired) electrons. The maximum absolute atomic E-state index is 11.1. The molecule has 0 aromatic rings. The number of hydrogen-bond donors (Lipinski definition) is 4. The van der Waals surface area contributed by atoms with Crippen LogP contribution in [0.15, 0.2) is 23.8 Å². The first-order valence-corrected chi connectivity index (χ1v) is 4.57. The minimum atomic E-state index is -2.83. The van der Waals surface area contributed by atoms with E-state index in [1.807, 2.05) is 0 Å². The SMILES string of the molecule is O=C(O)C1=CC(C(=O)O)(C(=O)O)C(C(=O)O)C=C1. The lowest BCUT2D eigenvalue weighted by Gasteiger charge is -2.28. The van der Waals surface area contributed by atoms with Crippen molar-refractivity contribution in [3.8, 4) is 0 Å². The average Bonchev–Trinajstić information content (AvgIpc) is 2.26. The number of rotatable bonds is 4. The van der Waals surface area contributed by atoms with Gasteiger partial charge in [-0.05, 0) is 6.08 Å². The second-order valence-corrected chi connectivity index (χ2v) is 3.56. The van der Waals surface area contributed by atoms with Crippen molar-refractivity contribution >= 4 is 23.9 Å². The van der Waals surface area contributed by atoms with E-state index >= 15 is 0 Å². The van der Waals surface area contributed by atoms with Crippen LogP contribution in [0.1, 0.15) is 0 Å². The van der Waals surface area contributed by atoms with Crippen LogP contribution in [0.2, 0.25) is 0 Å². The van der Waals surface area contributed by atoms with Gasteiger partial charge in [0.15, 0.2) is 0 Å². The van der Waals surface area contributed by atoms with E-state index in [-0.39, 0.29) is 0 Å². The molecule has 1 atom stereocenters. The Labute approximate surface area is 99.5 Å². The standard InChI is InChI=1S/C10H8O8/c11-6(12)4-1-2-5(7(13)14)10(3-4,8(15)16)9(17)18/h1-3,5H,(H,11,12)(H,13,14)(H,15,16)(H,17,18). The fourth-order valence-corrected chi connectivity index (χ4v) is 1.63. The molecule has 8 heteroatoms. The lowest BCUT2D eigenvalue weighted by Crippen LogP contribution is -2.48. The van der Waals surface area contributed by atoms with Crippen LogP contribution in [-0.2, 0) is 19.2 Å². The molecule has 0 spiro atoms. The van der Waals surface area contributed by atoms with Crippen LogP contribution >= 0.6 is 0 Å². The van der Waals surface area contributed by atoms with E-state index in [2.05, 4.69) is 0 Å². The predicted octanol–water partition coefficient (Wildman–Crippen LogP) is -0.576. The smallest absolute Gasteiger partial charge is 0.335 e. The van der Waals surface area contributed by atoms with Gasteiger partial charge in [-0.3, -0.25) is 14.4 Å². The summed E-state index contributed by atoms with van der Waals surface area (Å²) >= 11 is 0. The van der Waals surface area contributed by atoms with Crippen molar-refractivity contribution in [2.24, 2.45) is 11.3 Å². The summed E-state index contributed by atoms with van der Waals surface area (Å²) in [7, 11) is 0. The summed E-state index contributed by atoms with van der Waals surface area (Å²) in [5, 5.41) is 35.5. The highest BCUT2D eigenvalue weighted by Gasteiger charge is 2.55. The summed E-state index contributed by atoms with van der Waals surface area (Å²) in [6.45, 7) is 0. The predicted molar refractivity (Wildman–Crippen MR) is 53.7 cm³/mol. The van der Waals surface area contributed by atoms with Crippen LogP contribution < -0.4 is 0 Å². The van der Waals surface area contributed by atoms with E-state index in [1.165, 1.54) is 0 Å². The van der Waals surface area contributed by atoms with Crippen LogP contribution in [0, 0.1) is 11.3 Å². The molecule has 8 nitrogen and oxygen atoms in total. The van der Waals surface area contributed by atoms with E-state index in [0.29, 0.717) is 6.08 Å². The van der Waals surface area contributed by atoms with E-state index in [9.17, 15) is 19.2 Å². The normalized spacial score (nSPS) is 20.9. The zero-order chi connectivity index (χ0) is 14.1. The third kappa shape index (κ3) is 1.83. The molecular formula is C10H8O8. The van der Waals surface area contributed by atoms with Crippen molar-refractivity contribution in [2.45, 2.75) is 0 Å². The molecule has 0 saturated carbocycles. The highest BCUT2D eigenvalue weighted by molar-refractivity contribution is 6.07. The Morgan fingerprint density at radius 3 is 1.83 bits per heavy atom. The largest absolute Gasteiger partial charge is 0.481 e. The Hall–Kier alpha value is -2.64. The minimum Gasteiger partial charge on any atom is -0.481 e. The molecular weight excluding hydrogens is 248 g/mol. The molecule has 0 aromatic heterocycles. The van der Waals surface area contributed by atoms with Crippen molar-refractivity contribution in [2.75, 3.05) is 0 Å². The molecule has 0 bridgehead atoms. The molecule has 0 fully saturated rings. The lowest BCUT2D eigenvalue weighted by atomic mass is 9.71. The monoisotopic (exact) mass is 256 g/mol. The van der Waals surface area contributed by atoms with Crippen molar-refractivity contribution in [3.63, 3.8) is 0 Å². The Bertz CT molecular complexity index is 484. The molecule has 1 rings (SSSR count). The molecule has 0 heterocycles. The van der Waals surface area contributed by atoms with Gasteiger partial charge in [-0.15, -0.1) is 0 Å². The Balaban J connectivity index is 3.51. The Morgan fingerprint density at radius 1 is 1.00 bits per heavy atom. The molecule has 1 unspecified atom stereocenters. The maximum Gasteiger partial charge on any atom is 0.335 e. The number of carbonyl (C=O) groups is 4. The topological polar surface area (TPSA) is 149 Å². The van der Waals surface area contributed by atoms with Gasteiger partial charge in [0.2, 0.25) is 5.41 Å². The number of hydrogen-bond acceptors (Lipinski definition) is 4. The molecule has 0 saturated heterocycles. The molecule has 96 valence electrons. The molecule has 0 aromatic carbocycles. The van der Waals surface area contributed by atoms with Gasteiger partial charge in [0, 0.05) is 0 Å².